The predicted molar refractivity (Wildman–Crippen MR) is 46.2 cm³/mol. The Morgan fingerprint density at radius 1 is 1.36 bits per heavy atom. The summed E-state index contributed by atoms with van der Waals surface area (Å²) in [7, 11) is 0. The van der Waals surface area contributed by atoms with E-state index in [-0.39, 0.29) is 11.5 Å². The number of aromatic nitrogens is 1. The number of hydrogen-bond donors (Lipinski definition) is 1. The summed E-state index contributed by atoms with van der Waals surface area (Å²) in [5.74, 6) is -0.275. The number of halogens is 3. The molecule has 78 valence electrons. The van der Waals surface area contributed by atoms with Crippen molar-refractivity contribution < 1.29 is 13.2 Å². The van der Waals surface area contributed by atoms with Gasteiger partial charge in [0.1, 0.15) is 0 Å². The van der Waals surface area contributed by atoms with Crippen LogP contribution in [0.4, 0.5) is 13.2 Å². The van der Waals surface area contributed by atoms with Crippen LogP contribution in [-0.4, -0.2) is 4.98 Å². The van der Waals surface area contributed by atoms with Crippen LogP contribution in [-0.2, 0) is 6.18 Å². The van der Waals surface area contributed by atoms with Crippen molar-refractivity contribution in [3.05, 3.63) is 33.7 Å². The average molecular weight is 205 g/mol. The number of aromatic amines is 1. The van der Waals surface area contributed by atoms with Gasteiger partial charge in [-0.05, 0) is 11.5 Å². The molecule has 0 spiro atoms. The number of pyridine rings is 1. The summed E-state index contributed by atoms with van der Waals surface area (Å²) in [6.07, 6.45) is -3.34. The van der Waals surface area contributed by atoms with E-state index < -0.39 is 17.3 Å². The van der Waals surface area contributed by atoms with Gasteiger partial charge in [0.2, 0.25) is 5.56 Å². The van der Waals surface area contributed by atoms with Crippen molar-refractivity contribution in [2.24, 2.45) is 0 Å². The minimum Gasteiger partial charge on any atom is -0.329 e. The van der Waals surface area contributed by atoms with Gasteiger partial charge in [-0.15, -0.1) is 0 Å². The maximum absolute atomic E-state index is 12.4. The van der Waals surface area contributed by atoms with Crippen molar-refractivity contribution >= 4 is 0 Å². The van der Waals surface area contributed by atoms with Crippen LogP contribution in [0.5, 0.6) is 0 Å². The second kappa shape index (κ2) is 3.48. The molecule has 0 amide bonds. The molecule has 0 fully saturated rings. The molecule has 0 bridgehead atoms. The van der Waals surface area contributed by atoms with E-state index in [1.165, 1.54) is 0 Å². The van der Waals surface area contributed by atoms with Crippen molar-refractivity contribution in [1.82, 2.24) is 4.98 Å². The lowest BCUT2D eigenvalue weighted by molar-refractivity contribution is -0.138. The fourth-order valence-corrected chi connectivity index (χ4v) is 1.21. The van der Waals surface area contributed by atoms with Crippen molar-refractivity contribution in [3.8, 4) is 0 Å². The van der Waals surface area contributed by atoms with Gasteiger partial charge < -0.3 is 4.98 Å². The van der Waals surface area contributed by atoms with Gasteiger partial charge in [0.05, 0.1) is 5.56 Å². The van der Waals surface area contributed by atoms with E-state index in [2.05, 4.69) is 4.98 Å². The van der Waals surface area contributed by atoms with Crippen LogP contribution in [0.2, 0.25) is 0 Å². The summed E-state index contributed by atoms with van der Waals surface area (Å²) in [6, 6.07) is 0.593. The number of rotatable bonds is 1. The molecular formula is C9H10F3NO. The van der Waals surface area contributed by atoms with Gasteiger partial charge in [-0.3, -0.25) is 4.79 Å². The predicted octanol–water partition coefficient (Wildman–Crippen LogP) is 2.52. The summed E-state index contributed by atoms with van der Waals surface area (Å²) >= 11 is 0. The highest BCUT2D eigenvalue weighted by Crippen LogP contribution is 2.33. The van der Waals surface area contributed by atoms with Gasteiger partial charge >= 0.3 is 6.18 Å². The zero-order valence-electron chi connectivity index (χ0n) is 7.77. The van der Waals surface area contributed by atoms with Gasteiger partial charge in [-0.25, -0.2) is 0 Å². The Kier molecular flexibility index (Phi) is 2.69. The van der Waals surface area contributed by atoms with Crippen LogP contribution in [0.3, 0.4) is 0 Å². The molecule has 0 saturated carbocycles. The third-order valence-electron chi connectivity index (χ3n) is 1.88. The standard InChI is InChI=1S/C9H10F3NO/c1-5(2)6-4-13-8(14)3-7(6)9(10,11)12/h3-5H,1-2H3,(H,13,14). The Morgan fingerprint density at radius 2 is 1.93 bits per heavy atom. The van der Waals surface area contributed by atoms with Gasteiger partial charge in [0.15, 0.2) is 0 Å². The monoisotopic (exact) mass is 205 g/mol. The number of nitrogens with one attached hydrogen (secondary N) is 1. The van der Waals surface area contributed by atoms with Gasteiger partial charge in [0, 0.05) is 12.3 Å². The summed E-state index contributed by atoms with van der Waals surface area (Å²) in [5.41, 5.74) is -1.48. The van der Waals surface area contributed by atoms with E-state index in [1.54, 1.807) is 13.8 Å². The fourth-order valence-electron chi connectivity index (χ4n) is 1.21. The number of H-pyrrole nitrogens is 1. The van der Waals surface area contributed by atoms with Crippen LogP contribution in [0, 0.1) is 0 Å². The van der Waals surface area contributed by atoms with Gasteiger partial charge in [-0.2, -0.15) is 13.2 Å². The summed E-state index contributed by atoms with van der Waals surface area (Å²) in [6.45, 7) is 3.28. The van der Waals surface area contributed by atoms with Crippen LogP contribution < -0.4 is 5.56 Å². The molecule has 1 N–H and O–H groups in total. The molecule has 1 aromatic rings. The first-order valence-corrected chi connectivity index (χ1v) is 4.12. The summed E-state index contributed by atoms with van der Waals surface area (Å²) in [5, 5.41) is 0. The smallest absolute Gasteiger partial charge is 0.329 e. The largest absolute Gasteiger partial charge is 0.416 e. The van der Waals surface area contributed by atoms with Gasteiger partial charge in [0.25, 0.3) is 0 Å². The van der Waals surface area contributed by atoms with E-state index in [4.69, 9.17) is 0 Å². The Balaban J connectivity index is 3.38. The van der Waals surface area contributed by atoms with Crippen molar-refractivity contribution in [2.45, 2.75) is 25.9 Å². The Labute approximate surface area is 78.8 Å². The van der Waals surface area contributed by atoms with E-state index in [0.717, 1.165) is 6.20 Å². The van der Waals surface area contributed by atoms with Gasteiger partial charge in [-0.1, -0.05) is 13.8 Å². The SMILES string of the molecule is CC(C)c1c[nH]c(=O)cc1C(F)(F)F. The summed E-state index contributed by atoms with van der Waals surface area (Å²) in [4.78, 5) is 13.0. The second-order valence-electron chi connectivity index (χ2n) is 3.32. The third-order valence-corrected chi connectivity index (χ3v) is 1.88. The molecule has 0 aromatic carbocycles. The fraction of sp³-hybridized carbons (Fsp3) is 0.444. The number of hydrogen-bond acceptors (Lipinski definition) is 1. The van der Waals surface area contributed by atoms with E-state index >= 15 is 0 Å². The van der Waals surface area contributed by atoms with Crippen molar-refractivity contribution in [3.63, 3.8) is 0 Å². The average Bonchev–Trinajstić information content (AvgIpc) is 2.01. The zero-order valence-corrected chi connectivity index (χ0v) is 7.77. The lowest BCUT2D eigenvalue weighted by Gasteiger charge is -2.14. The molecule has 5 heteroatoms. The first-order valence-electron chi connectivity index (χ1n) is 4.12. The first-order chi connectivity index (χ1) is 6.32. The van der Waals surface area contributed by atoms with Crippen LogP contribution in [0.15, 0.2) is 17.1 Å². The minimum absolute atomic E-state index is 0.108. The molecule has 0 atom stereocenters. The Bertz CT molecular complexity index is 378. The quantitative estimate of drug-likeness (QED) is 0.750. The van der Waals surface area contributed by atoms with E-state index in [0.29, 0.717) is 6.07 Å². The molecule has 0 saturated heterocycles. The molecule has 0 unspecified atom stereocenters. The Hall–Kier alpha value is -1.26. The minimum atomic E-state index is -4.46. The highest BCUT2D eigenvalue weighted by Gasteiger charge is 2.34. The molecule has 2 nitrogen and oxygen atoms in total. The first kappa shape index (κ1) is 10.8. The van der Waals surface area contributed by atoms with E-state index in [1.807, 2.05) is 0 Å². The molecular weight excluding hydrogens is 195 g/mol. The van der Waals surface area contributed by atoms with Crippen LogP contribution >= 0.6 is 0 Å². The van der Waals surface area contributed by atoms with E-state index in [9.17, 15) is 18.0 Å². The number of alkyl halides is 3. The zero-order chi connectivity index (χ0) is 10.9. The third kappa shape index (κ3) is 2.16. The summed E-state index contributed by atoms with van der Waals surface area (Å²) < 4.78 is 37.3. The van der Waals surface area contributed by atoms with Crippen molar-refractivity contribution in [1.29, 1.82) is 0 Å². The maximum Gasteiger partial charge on any atom is 0.416 e. The maximum atomic E-state index is 12.4. The molecule has 1 aromatic heterocycles. The molecule has 0 aliphatic heterocycles. The van der Waals surface area contributed by atoms with Crippen molar-refractivity contribution in [2.75, 3.05) is 0 Å². The molecule has 0 aliphatic rings. The van der Waals surface area contributed by atoms with Crippen LogP contribution in [0.1, 0.15) is 30.9 Å². The normalized spacial score (nSPS) is 12.1. The lowest BCUT2D eigenvalue weighted by atomic mass is 9.99. The molecule has 0 aliphatic carbocycles. The van der Waals surface area contributed by atoms with Crippen LogP contribution in [0.25, 0.3) is 0 Å². The lowest BCUT2D eigenvalue weighted by Crippen LogP contribution is -2.16. The highest BCUT2D eigenvalue weighted by atomic mass is 19.4. The molecule has 0 radical (unpaired) electrons. The highest BCUT2D eigenvalue weighted by molar-refractivity contribution is 5.28. The molecule has 1 heterocycles. The molecule has 1 rings (SSSR count). The Morgan fingerprint density at radius 3 is 2.36 bits per heavy atom. The molecule has 14 heavy (non-hydrogen) atoms. The second-order valence-corrected chi connectivity index (χ2v) is 3.32. The topological polar surface area (TPSA) is 32.9 Å².